The number of benzene rings is 1. The van der Waals surface area contributed by atoms with Crippen molar-refractivity contribution in [3.63, 3.8) is 0 Å². The molecular weight excluding hydrogens is 504 g/mol. The van der Waals surface area contributed by atoms with Gasteiger partial charge in [0.15, 0.2) is 0 Å². The molecule has 0 radical (unpaired) electrons. The topological polar surface area (TPSA) is 62.2 Å². The number of hydrogen-bond donors (Lipinski definition) is 1. The minimum Gasteiger partial charge on any atom is -0.389 e. The molecule has 1 aromatic rings. The van der Waals surface area contributed by atoms with Gasteiger partial charge in [0.1, 0.15) is 5.82 Å². The molecule has 10 heteroatoms. The van der Waals surface area contributed by atoms with Gasteiger partial charge in [0.05, 0.1) is 18.8 Å². The lowest BCUT2D eigenvalue weighted by atomic mass is 9.66. The first-order valence-corrected chi connectivity index (χ1v) is 13.2. The maximum absolute atomic E-state index is 13.8. The van der Waals surface area contributed by atoms with E-state index in [2.05, 4.69) is 0 Å². The quantitative estimate of drug-likeness (QED) is 0.343. The highest BCUT2D eigenvalue weighted by molar-refractivity contribution is 5.81. The average molecular weight is 549 g/mol. The Bertz CT molecular complexity index is 905. The Balaban J connectivity index is 2.01. The van der Waals surface area contributed by atoms with Crippen LogP contribution in [0.2, 0.25) is 0 Å². The van der Waals surface area contributed by atoms with Crippen molar-refractivity contribution in [1.29, 1.82) is 0 Å². The SMILES string of the molecule is COCC(C)(COC)CN(CCCN(C)CCC1(O)CCc2cc(F)ccc2C1C(C)C)C(=O)C(F)(F)F. The Labute approximate surface area is 224 Å². The van der Waals surface area contributed by atoms with E-state index in [1.807, 2.05) is 25.8 Å². The Kier molecular flexibility index (Phi) is 11.6. The second-order valence-corrected chi connectivity index (χ2v) is 11.5. The fourth-order valence-electron chi connectivity index (χ4n) is 5.90. The van der Waals surface area contributed by atoms with Gasteiger partial charge in [0.2, 0.25) is 0 Å². The first-order chi connectivity index (χ1) is 17.7. The molecule has 218 valence electrons. The Morgan fingerprint density at radius 2 is 1.79 bits per heavy atom. The van der Waals surface area contributed by atoms with Gasteiger partial charge in [-0.3, -0.25) is 4.79 Å². The van der Waals surface area contributed by atoms with Crippen molar-refractivity contribution in [3.05, 3.63) is 35.1 Å². The summed E-state index contributed by atoms with van der Waals surface area (Å²) in [5, 5.41) is 11.6. The lowest BCUT2D eigenvalue weighted by Gasteiger charge is -2.44. The van der Waals surface area contributed by atoms with Gasteiger partial charge in [-0.05, 0) is 68.5 Å². The molecule has 1 aliphatic rings. The summed E-state index contributed by atoms with van der Waals surface area (Å²) in [6, 6.07) is 4.76. The third kappa shape index (κ3) is 8.63. The van der Waals surface area contributed by atoms with Gasteiger partial charge in [-0.15, -0.1) is 0 Å². The van der Waals surface area contributed by atoms with E-state index in [0.717, 1.165) is 16.0 Å². The van der Waals surface area contributed by atoms with E-state index in [1.54, 1.807) is 19.1 Å². The highest BCUT2D eigenvalue weighted by atomic mass is 19.4. The zero-order valence-electron chi connectivity index (χ0n) is 23.5. The molecule has 0 aliphatic heterocycles. The Morgan fingerprint density at radius 1 is 1.16 bits per heavy atom. The lowest BCUT2D eigenvalue weighted by molar-refractivity contribution is -0.187. The smallest absolute Gasteiger partial charge is 0.389 e. The van der Waals surface area contributed by atoms with Crippen molar-refractivity contribution in [1.82, 2.24) is 9.80 Å². The van der Waals surface area contributed by atoms with Crippen LogP contribution in [0.1, 0.15) is 57.1 Å². The number of halogens is 4. The minimum atomic E-state index is -4.97. The maximum atomic E-state index is 13.8. The first-order valence-electron chi connectivity index (χ1n) is 13.2. The van der Waals surface area contributed by atoms with Crippen LogP contribution in [0.15, 0.2) is 18.2 Å². The van der Waals surface area contributed by atoms with Crippen LogP contribution < -0.4 is 0 Å². The summed E-state index contributed by atoms with van der Waals surface area (Å²) in [5.74, 6) is -2.14. The number of ether oxygens (including phenoxy) is 2. The minimum absolute atomic E-state index is 0.0659. The third-order valence-corrected chi connectivity index (χ3v) is 7.50. The number of carbonyl (C=O) groups is 1. The number of amides is 1. The zero-order valence-corrected chi connectivity index (χ0v) is 23.5. The second kappa shape index (κ2) is 13.5. The number of alkyl halides is 3. The largest absolute Gasteiger partial charge is 0.471 e. The molecular formula is C28H44F4N2O4. The highest BCUT2D eigenvalue weighted by Crippen LogP contribution is 2.45. The number of nitrogens with zero attached hydrogens (tertiary/aromatic N) is 2. The monoisotopic (exact) mass is 548 g/mol. The third-order valence-electron chi connectivity index (χ3n) is 7.50. The van der Waals surface area contributed by atoms with E-state index in [1.165, 1.54) is 20.3 Å². The number of hydrogen-bond acceptors (Lipinski definition) is 5. The van der Waals surface area contributed by atoms with E-state index in [0.29, 0.717) is 38.8 Å². The van der Waals surface area contributed by atoms with E-state index in [-0.39, 0.29) is 44.0 Å². The molecule has 6 nitrogen and oxygen atoms in total. The lowest BCUT2D eigenvalue weighted by Crippen LogP contribution is -2.49. The molecule has 0 fully saturated rings. The van der Waals surface area contributed by atoms with Gasteiger partial charge in [0, 0.05) is 45.2 Å². The van der Waals surface area contributed by atoms with Gasteiger partial charge in [-0.1, -0.05) is 26.8 Å². The van der Waals surface area contributed by atoms with E-state index >= 15 is 0 Å². The fraction of sp³-hybridized carbons (Fsp3) is 0.750. The van der Waals surface area contributed by atoms with Crippen LogP contribution in [0, 0.1) is 17.2 Å². The number of fused-ring (bicyclic) bond motifs is 1. The zero-order chi connectivity index (χ0) is 28.7. The van der Waals surface area contributed by atoms with Crippen molar-refractivity contribution in [3.8, 4) is 0 Å². The summed E-state index contributed by atoms with van der Waals surface area (Å²) >= 11 is 0. The Morgan fingerprint density at radius 3 is 2.34 bits per heavy atom. The predicted molar refractivity (Wildman–Crippen MR) is 138 cm³/mol. The van der Waals surface area contributed by atoms with Gasteiger partial charge in [-0.2, -0.15) is 13.2 Å². The predicted octanol–water partition coefficient (Wildman–Crippen LogP) is 4.64. The van der Waals surface area contributed by atoms with Crippen LogP contribution in [-0.4, -0.2) is 93.3 Å². The van der Waals surface area contributed by atoms with Crippen molar-refractivity contribution < 1.29 is 36.9 Å². The van der Waals surface area contributed by atoms with E-state index in [9.17, 15) is 27.5 Å². The molecule has 2 rings (SSSR count). The molecule has 1 amide bonds. The molecule has 2 atom stereocenters. The van der Waals surface area contributed by atoms with Crippen LogP contribution in [0.25, 0.3) is 0 Å². The number of rotatable bonds is 14. The normalized spacial score (nSPS) is 20.2. The molecule has 0 spiro atoms. The van der Waals surface area contributed by atoms with Crippen LogP contribution in [0.4, 0.5) is 17.6 Å². The van der Waals surface area contributed by atoms with Gasteiger partial charge in [0.25, 0.3) is 0 Å². The molecule has 0 bridgehead atoms. The van der Waals surface area contributed by atoms with Crippen LogP contribution in [0.5, 0.6) is 0 Å². The summed E-state index contributed by atoms with van der Waals surface area (Å²) in [4.78, 5) is 15.0. The van der Waals surface area contributed by atoms with Crippen LogP contribution in [-0.2, 0) is 20.7 Å². The number of aliphatic hydroxyl groups is 1. The van der Waals surface area contributed by atoms with Crippen molar-refractivity contribution in [2.75, 3.05) is 60.7 Å². The fourth-order valence-corrected chi connectivity index (χ4v) is 5.90. The summed E-state index contributed by atoms with van der Waals surface area (Å²) in [6.07, 6.45) is -3.04. The van der Waals surface area contributed by atoms with E-state index in [4.69, 9.17) is 9.47 Å². The highest BCUT2D eigenvalue weighted by Gasteiger charge is 2.45. The summed E-state index contributed by atoms with van der Waals surface area (Å²) in [6.45, 7) is 6.89. The number of aryl methyl sites for hydroxylation is 1. The van der Waals surface area contributed by atoms with Crippen molar-refractivity contribution in [2.45, 2.75) is 64.1 Å². The maximum Gasteiger partial charge on any atom is 0.471 e. The second-order valence-electron chi connectivity index (χ2n) is 11.5. The molecule has 0 aromatic heterocycles. The molecule has 2 unspecified atom stereocenters. The van der Waals surface area contributed by atoms with Crippen molar-refractivity contribution in [2.24, 2.45) is 11.3 Å². The van der Waals surface area contributed by atoms with E-state index < -0.39 is 23.1 Å². The van der Waals surface area contributed by atoms with Gasteiger partial charge >= 0.3 is 12.1 Å². The standard InChI is InChI=1S/C28H44F4N2O4/c1-20(2)24-23-9-8-22(29)16-21(23)10-11-27(24,36)12-15-33(4)13-7-14-34(25(35)28(30,31)32)17-26(3,18-37-5)19-38-6/h8-9,16,20,24,36H,7,10-15,17-19H2,1-6H3. The molecule has 0 saturated heterocycles. The van der Waals surface area contributed by atoms with Crippen molar-refractivity contribution >= 4 is 5.91 Å². The molecule has 0 saturated carbocycles. The summed E-state index contributed by atoms with van der Waals surface area (Å²) < 4.78 is 64.1. The molecule has 1 N–H and O–H groups in total. The Hall–Kier alpha value is -1.75. The van der Waals surface area contributed by atoms with Crippen LogP contribution in [0.3, 0.4) is 0 Å². The summed E-state index contributed by atoms with van der Waals surface area (Å²) in [7, 11) is 4.77. The molecule has 1 aromatic carbocycles. The number of methoxy groups -OCH3 is 2. The van der Waals surface area contributed by atoms with Crippen LogP contribution >= 0.6 is 0 Å². The van der Waals surface area contributed by atoms with Gasteiger partial charge < -0.3 is 24.4 Å². The van der Waals surface area contributed by atoms with Gasteiger partial charge in [-0.25, -0.2) is 4.39 Å². The molecule has 1 aliphatic carbocycles. The average Bonchev–Trinajstić information content (AvgIpc) is 2.81. The molecule has 38 heavy (non-hydrogen) atoms. The molecule has 0 heterocycles. The first kappa shape index (κ1) is 32.5. The summed E-state index contributed by atoms with van der Waals surface area (Å²) in [5.41, 5.74) is 0.165. The number of carbonyl (C=O) groups excluding carboxylic acids is 1.